The van der Waals surface area contributed by atoms with Gasteiger partial charge in [0.1, 0.15) is 24.7 Å². The van der Waals surface area contributed by atoms with Gasteiger partial charge in [-0.15, -0.1) is 0 Å². The normalized spacial score (nSPS) is 13.9. The first-order valence-electron chi connectivity index (χ1n) is 10.3. The molecule has 30 heavy (non-hydrogen) atoms. The minimum atomic E-state index is -3.70. The Bertz CT molecular complexity index is 714. The first-order chi connectivity index (χ1) is 14.3. The molecule has 0 aliphatic carbocycles. The predicted octanol–water partition coefficient (Wildman–Crippen LogP) is 3.85. The summed E-state index contributed by atoms with van der Waals surface area (Å²) in [5, 5.41) is 2.72. The lowest BCUT2D eigenvalue weighted by Gasteiger charge is -2.26. The first kappa shape index (κ1) is 26.1. The molecule has 0 aliphatic rings. The Morgan fingerprint density at radius 2 is 1.67 bits per heavy atom. The summed E-state index contributed by atoms with van der Waals surface area (Å²) in [4.78, 5) is 23.6. The van der Waals surface area contributed by atoms with E-state index in [4.69, 9.17) is 18.7 Å². The summed E-state index contributed by atoms with van der Waals surface area (Å²) in [6.07, 6.45) is 3.04. The molecule has 8 nitrogen and oxygen atoms in total. The van der Waals surface area contributed by atoms with E-state index < -0.39 is 25.5 Å². The van der Waals surface area contributed by atoms with Crippen LogP contribution in [0.15, 0.2) is 18.2 Å². The van der Waals surface area contributed by atoms with Crippen LogP contribution in [-0.4, -0.2) is 44.7 Å². The highest BCUT2D eigenvalue weighted by molar-refractivity contribution is 7.57. The van der Waals surface area contributed by atoms with Crippen molar-refractivity contribution >= 4 is 19.5 Å². The Morgan fingerprint density at radius 1 is 1.07 bits per heavy atom. The van der Waals surface area contributed by atoms with Gasteiger partial charge in [0.25, 0.3) is 0 Å². The molecular formula is C21H34NO7P. The molecule has 170 valence electrons. The Hall–Kier alpha value is -1.89. The molecule has 0 saturated heterocycles. The zero-order valence-electron chi connectivity index (χ0n) is 18.6. The topological polar surface area (TPSA) is 100 Å². The molecule has 0 heterocycles. The van der Waals surface area contributed by atoms with E-state index in [1.807, 2.05) is 18.2 Å². The number of nitrogens with one attached hydrogen (secondary N) is 1. The summed E-state index contributed by atoms with van der Waals surface area (Å²) in [6.45, 7) is 6.80. The van der Waals surface area contributed by atoms with Gasteiger partial charge in [0.2, 0.25) is 0 Å². The molecule has 1 rings (SSSR count). The lowest BCUT2D eigenvalue weighted by molar-refractivity contribution is -0.150. The van der Waals surface area contributed by atoms with Crippen molar-refractivity contribution in [1.82, 2.24) is 5.09 Å². The molecule has 0 spiro atoms. The van der Waals surface area contributed by atoms with Crippen LogP contribution in [-0.2, 0) is 41.2 Å². The fourth-order valence-electron chi connectivity index (χ4n) is 2.93. The SMILES string of the molecule is CCCc1cccc(CCC)c1OP(=O)(COC)N[C@@H](COC(C)=O)C(=O)OCC. The third-order valence-corrected chi connectivity index (χ3v) is 5.91. The summed E-state index contributed by atoms with van der Waals surface area (Å²) in [7, 11) is -2.30. The van der Waals surface area contributed by atoms with Crippen molar-refractivity contribution < 1.29 is 32.9 Å². The quantitative estimate of drug-likeness (QED) is 0.342. The third kappa shape index (κ3) is 8.46. The van der Waals surface area contributed by atoms with Gasteiger partial charge in [0.15, 0.2) is 0 Å². The maximum atomic E-state index is 13.7. The lowest BCUT2D eigenvalue weighted by atomic mass is 10.0. The molecule has 0 amide bonds. The van der Waals surface area contributed by atoms with E-state index in [9.17, 15) is 14.2 Å². The van der Waals surface area contributed by atoms with Crippen LogP contribution >= 0.6 is 7.52 Å². The molecule has 0 saturated carbocycles. The number of para-hydroxylation sites is 1. The molecule has 1 aromatic rings. The zero-order chi connectivity index (χ0) is 22.6. The molecule has 1 aromatic carbocycles. The van der Waals surface area contributed by atoms with Gasteiger partial charge in [-0.1, -0.05) is 44.9 Å². The Morgan fingerprint density at radius 3 is 2.13 bits per heavy atom. The number of carbonyl (C=O) groups is 2. The Labute approximate surface area is 179 Å². The van der Waals surface area contributed by atoms with Crippen molar-refractivity contribution in [1.29, 1.82) is 0 Å². The van der Waals surface area contributed by atoms with Crippen molar-refractivity contribution in [2.45, 2.75) is 59.4 Å². The van der Waals surface area contributed by atoms with Gasteiger partial charge in [0.05, 0.1) is 6.61 Å². The van der Waals surface area contributed by atoms with Crippen LogP contribution in [0.1, 0.15) is 51.7 Å². The number of methoxy groups -OCH3 is 1. The zero-order valence-corrected chi connectivity index (χ0v) is 19.5. The molecule has 0 fully saturated rings. The van der Waals surface area contributed by atoms with E-state index in [0.29, 0.717) is 5.75 Å². The van der Waals surface area contributed by atoms with E-state index in [1.54, 1.807) is 6.92 Å². The van der Waals surface area contributed by atoms with Crippen LogP contribution in [0.4, 0.5) is 0 Å². The molecule has 0 radical (unpaired) electrons. The average molecular weight is 443 g/mol. The van der Waals surface area contributed by atoms with Crippen LogP contribution in [0, 0.1) is 0 Å². The van der Waals surface area contributed by atoms with Crippen LogP contribution < -0.4 is 9.61 Å². The van der Waals surface area contributed by atoms with Gasteiger partial charge in [0, 0.05) is 14.0 Å². The Balaban J connectivity index is 3.25. The number of ether oxygens (including phenoxy) is 3. The first-order valence-corrected chi connectivity index (χ1v) is 12.1. The van der Waals surface area contributed by atoms with Crippen LogP contribution in [0.25, 0.3) is 0 Å². The molecular weight excluding hydrogens is 409 g/mol. The second-order valence-corrected chi connectivity index (χ2v) is 8.87. The average Bonchev–Trinajstić information content (AvgIpc) is 2.68. The molecule has 2 atom stereocenters. The summed E-state index contributed by atoms with van der Waals surface area (Å²) in [6, 6.07) is 4.69. The highest BCUT2D eigenvalue weighted by Gasteiger charge is 2.34. The Kier molecular flexibility index (Phi) is 11.7. The minimum Gasteiger partial charge on any atom is -0.465 e. The number of carbonyl (C=O) groups excluding carboxylic acids is 2. The number of benzene rings is 1. The number of hydrogen-bond acceptors (Lipinski definition) is 7. The van der Waals surface area contributed by atoms with E-state index >= 15 is 0 Å². The van der Waals surface area contributed by atoms with Gasteiger partial charge in [-0.2, -0.15) is 0 Å². The molecule has 0 aliphatic heterocycles. The molecule has 0 aromatic heterocycles. The number of aryl methyl sites for hydroxylation is 2. The second kappa shape index (κ2) is 13.4. The van der Waals surface area contributed by atoms with Crippen molar-refractivity contribution in [3.63, 3.8) is 0 Å². The smallest absolute Gasteiger partial charge is 0.342 e. The standard InChI is InChI=1S/C21H34NO7P/c1-6-10-17-12-9-13-18(11-7-2)20(17)29-30(25,15-26-5)22-19(14-28-16(4)23)21(24)27-8-3/h9,12-13,19H,6-8,10-11,14-15H2,1-5H3,(H,22,25)/t19-,30?/m0/s1. The summed E-state index contributed by atoms with van der Waals surface area (Å²) >= 11 is 0. The monoisotopic (exact) mass is 443 g/mol. The molecule has 0 bridgehead atoms. The van der Waals surface area contributed by atoms with Gasteiger partial charge in [-0.3, -0.25) is 14.2 Å². The van der Waals surface area contributed by atoms with E-state index in [1.165, 1.54) is 14.0 Å². The molecule has 9 heteroatoms. The number of esters is 2. The highest BCUT2D eigenvalue weighted by atomic mass is 31.2. The van der Waals surface area contributed by atoms with Crippen molar-refractivity contribution in [3.05, 3.63) is 29.3 Å². The van der Waals surface area contributed by atoms with Gasteiger partial charge >= 0.3 is 19.5 Å². The largest absolute Gasteiger partial charge is 0.465 e. The van der Waals surface area contributed by atoms with Crippen LogP contribution in [0.5, 0.6) is 5.75 Å². The van der Waals surface area contributed by atoms with E-state index in [2.05, 4.69) is 18.9 Å². The number of rotatable bonds is 14. The summed E-state index contributed by atoms with van der Waals surface area (Å²) in [5.41, 5.74) is 1.88. The third-order valence-electron chi connectivity index (χ3n) is 4.13. The predicted molar refractivity (Wildman–Crippen MR) is 115 cm³/mol. The highest BCUT2D eigenvalue weighted by Crippen LogP contribution is 2.46. The molecule has 1 unspecified atom stereocenters. The lowest BCUT2D eigenvalue weighted by Crippen LogP contribution is -2.42. The van der Waals surface area contributed by atoms with Crippen molar-refractivity contribution in [2.24, 2.45) is 0 Å². The van der Waals surface area contributed by atoms with Gasteiger partial charge in [-0.05, 0) is 30.9 Å². The van der Waals surface area contributed by atoms with Crippen LogP contribution in [0.2, 0.25) is 0 Å². The van der Waals surface area contributed by atoms with Gasteiger partial charge < -0.3 is 18.7 Å². The minimum absolute atomic E-state index is 0.131. The second-order valence-electron chi connectivity index (χ2n) is 6.82. The summed E-state index contributed by atoms with van der Waals surface area (Å²) in [5.74, 6) is -0.703. The fourth-order valence-corrected chi connectivity index (χ4v) is 4.64. The van der Waals surface area contributed by atoms with Crippen molar-refractivity contribution in [3.8, 4) is 5.75 Å². The van der Waals surface area contributed by atoms with Gasteiger partial charge in [-0.25, -0.2) is 5.09 Å². The van der Waals surface area contributed by atoms with E-state index in [0.717, 1.165) is 36.8 Å². The fraction of sp³-hybridized carbons (Fsp3) is 0.619. The van der Waals surface area contributed by atoms with E-state index in [-0.39, 0.29) is 19.6 Å². The van der Waals surface area contributed by atoms with Crippen molar-refractivity contribution in [2.75, 3.05) is 26.7 Å². The van der Waals surface area contributed by atoms with Crippen LogP contribution in [0.3, 0.4) is 0 Å². The maximum Gasteiger partial charge on any atom is 0.342 e. The summed E-state index contributed by atoms with van der Waals surface area (Å²) < 4.78 is 34.8. The number of hydrogen-bond donors (Lipinski definition) is 1. The molecule has 1 N–H and O–H groups in total. The maximum absolute atomic E-state index is 13.7.